The standard InChI is InChI=1S/C25H53N3/c1-2-3-4-5-6-7-8-9-10-11-12-13-17-23-28-24-20-25(19-22-27)18-15-14-16-21-26/h9-10,25,28H,2-8,11-24,26-27H2,1H3/b10-9-. The van der Waals surface area contributed by atoms with Crippen molar-refractivity contribution in [2.75, 3.05) is 26.2 Å². The molecule has 0 aromatic carbocycles. The molecule has 0 saturated heterocycles. The van der Waals surface area contributed by atoms with Crippen LogP contribution in [-0.4, -0.2) is 26.2 Å². The minimum absolute atomic E-state index is 0.798. The van der Waals surface area contributed by atoms with Gasteiger partial charge >= 0.3 is 0 Å². The van der Waals surface area contributed by atoms with E-state index in [1.165, 1.54) is 116 Å². The van der Waals surface area contributed by atoms with Crippen molar-refractivity contribution in [1.82, 2.24) is 5.32 Å². The largest absolute Gasteiger partial charge is 0.330 e. The van der Waals surface area contributed by atoms with Crippen LogP contribution in [0.15, 0.2) is 12.2 Å². The molecule has 0 aliphatic heterocycles. The van der Waals surface area contributed by atoms with Crippen molar-refractivity contribution in [2.45, 2.75) is 116 Å². The fourth-order valence-electron chi connectivity index (χ4n) is 3.82. The van der Waals surface area contributed by atoms with E-state index in [2.05, 4.69) is 24.4 Å². The molecule has 168 valence electrons. The van der Waals surface area contributed by atoms with Crippen molar-refractivity contribution in [2.24, 2.45) is 17.4 Å². The van der Waals surface area contributed by atoms with Crippen molar-refractivity contribution in [3.8, 4) is 0 Å². The van der Waals surface area contributed by atoms with Crippen LogP contribution >= 0.6 is 0 Å². The zero-order valence-corrected chi connectivity index (χ0v) is 19.2. The number of nitrogens with two attached hydrogens (primary N) is 2. The molecular weight excluding hydrogens is 342 g/mol. The molecule has 5 N–H and O–H groups in total. The Balaban J connectivity index is 3.35. The fourth-order valence-corrected chi connectivity index (χ4v) is 3.82. The van der Waals surface area contributed by atoms with Crippen LogP contribution in [-0.2, 0) is 0 Å². The van der Waals surface area contributed by atoms with Gasteiger partial charge in [-0.25, -0.2) is 0 Å². The summed E-state index contributed by atoms with van der Waals surface area (Å²) in [5, 5.41) is 3.64. The maximum Gasteiger partial charge on any atom is -0.00463 e. The number of hydrogen-bond donors (Lipinski definition) is 3. The van der Waals surface area contributed by atoms with Crippen molar-refractivity contribution in [3.63, 3.8) is 0 Å². The SMILES string of the molecule is CCCCCCCC/C=C\CCCCCNCCC(CCN)CCCCCN. The summed E-state index contributed by atoms with van der Waals surface area (Å²) in [7, 11) is 0. The van der Waals surface area contributed by atoms with Gasteiger partial charge in [0.25, 0.3) is 0 Å². The molecule has 0 saturated carbocycles. The fraction of sp³-hybridized carbons (Fsp3) is 0.920. The Hall–Kier alpha value is -0.380. The van der Waals surface area contributed by atoms with Crippen LogP contribution in [0, 0.1) is 5.92 Å². The summed E-state index contributed by atoms with van der Waals surface area (Å²) in [6, 6.07) is 0. The second-order valence-corrected chi connectivity index (χ2v) is 8.50. The third-order valence-electron chi connectivity index (χ3n) is 5.74. The minimum atomic E-state index is 0.798. The lowest BCUT2D eigenvalue weighted by Crippen LogP contribution is -2.20. The van der Waals surface area contributed by atoms with Crippen LogP contribution in [0.4, 0.5) is 0 Å². The number of rotatable bonds is 23. The topological polar surface area (TPSA) is 64.1 Å². The molecule has 0 aliphatic carbocycles. The van der Waals surface area contributed by atoms with Crippen LogP contribution in [0.5, 0.6) is 0 Å². The second kappa shape index (κ2) is 24.7. The first-order chi connectivity index (χ1) is 13.8. The highest BCUT2D eigenvalue weighted by atomic mass is 14.8. The lowest BCUT2D eigenvalue weighted by molar-refractivity contribution is 0.394. The molecule has 0 aromatic heterocycles. The summed E-state index contributed by atoms with van der Waals surface area (Å²) in [6.45, 7) is 6.26. The van der Waals surface area contributed by atoms with Gasteiger partial charge in [-0.3, -0.25) is 0 Å². The molecule has 1 unspecified atom stereocenters. The number of unbranched alkanes of at least 4 members (excludes halogenated alkanes) is 11. The summed E-state index contributed by atoms with van der Waals surface area (Å²) < 4.78 is 0. The zero-order chi connectivity index (χ0) is 20.5. The Morgan fingerprint density at radius 2 is 1.25 bits per heavy atom. The van der Waals surface area contributed by atoms with Gasteiger partial charge in [0.05, 0.1) is 0 Å². The van der Waals surface area contributed by atoms with Crippen LogP contribution in [0.3, 0.4) is 0 Å². The van der Waals surface area contributed by atoms with E-state index in [1.54, 1.807) is 0 Å². The first-order valence-electron chi connectivity index (χ1n) is 12.6. The van der Waals surface area contributed by atoms with E-state index in [0.717, 1.165) is 25.6 Å². The highest BCUT2D eigenvalue weighted by Crippen LogP contribution is 2.16. The molecule has 3 heteroatoms. The lowest BCUT2D eigenvalue weighted by Gasteiger charge is -2.16. The van der Waals surface area contributed by atoms with Crippen LogP contribution < -0.4 is 16.8 Å². The maximum atomic E-state index is 5.78. The molecule has 1 atom stereocenters. The summed E-state index contributed by atoms with van der Waals surface area (Å²) in [5.41, 5.74) is 11.3. The summed E-state index contributed by atoms with van der Waals surface area (Å²) in [5.74, 6) is 0.798. The lowest BCUT2D eigenvalue weighted by atomic mass is 9.94. The first-order valence-corrected chi connectivity index (χ1v) is 12.6. The Kier molecular flexibility index (Phi) is 24.3. The van der Waals surface area contributed by atoms with Gasteiger partial charge in [0.1, 0.15) is 0 Å². The first kappa shape index (κ1) is 27.6. The van der Waals surface area contributed by atoms with Gasteiger partial charge in [-0.05, 0) is 83.5 Å². The molecule has 0 fully saturated rings. The van der Waals surface area contributed by atoms with Gasteiger partial charge in [0, 0.05) is 0 Å². The summed E-state index contributed by atoms with van der Waals surface area (Å²) in [4.78, 5) is 0. The van der Waals surface area contributed by atoms with Gasteiger partial charge in [-0.1, -0.05) is 76.9 Å². The smallest absolute Gasteiger partial charge is 0.00463 e. The number of hydrogen-bond acceptors (Lipinski definition) is 3. The third-order valence-corrected chi connectivity index (χ3v) is 5.74. The number of nitrogens with one attached hydrogen (secondary N) is 1. The molecule has 0 bridgehead atoms. The highest BCUT2D eigenvalue weighted by Gasteiger charge is 2.07. The zero-order valence-electron chi connectivity index (χ0n) is 19.2. The van der Waals surface area contributed by atoms with E-state index in [9.17, 15) is 0 Å². The molecule has 0 aliphatic rings. The van der Waals surface area contributed by atoms with E-state index in [-0.39, 0.29) is 0 Å². The number of allylic oxidation sites excluding steroid dienone is 2. The Bertz CT molecular complexity index is 304. The van der Waals surface area contributed by atoms with E-state index < -0.39 is 0 Å². The highest BCUT2D eigenvalue weighted by molar-refractivity contribution is 4.81. The molecule has 0 amide bonds. The van der Waals surface area contributed by atoms with Crippen LogP contribution in [0.25, 0.3) is 0 Å². The molecular formula is C25H53N3. The minimum Gasteiger partial charge on any atom is -0.330 e. The van der Waals surface area contributed by atoms with Crippen LogP contribution in [0.2, 0.25) is 0 Å². The molecule has 0 radical (unpaired) electrons. The van der Waals surface area contributed by atoms with Crippen LogP contribution in [0.1, 0.15) is 116 Å². The Labute approximate surface area is 177 Å². The van der Waals surface area contributed by atoms with Crippen molar-refractivity contribution >= 4 is 0 Å². The average molecular weight is 396 g/mol. The predicted molar refractivity (Wildman–Crippen MR) is 128 cm³/mol. The van der Waals surface area contributed by atoms with E-state index in [4.69, 9.17) is 11.5 Å². The molecule has 0 heterocycles. The average Bonchev–Trinajstić information content (AvgIpc) is 2.70. The van der Waals surface area contributed by atoms with Crippen molar-refractivity contribution in [1.29, 1.82) is 0 Å². The third kappa shape index (κ3) is 21.9. The van der Waals surface area contributed by atoms with Gasteiger partial charge in [-0.15, -0.1) is 0 Å². The van der Waals surface area contributed by atoms with Gasteiger partial charge in [-0.2, -0.15) is 0 Å². The maximum absolute atomic E-state index is 5.78. The second-order valence-electron chi connectivity index (χ2n) is 8.50. The summed E-state index contributed by atoms with van der Waals surface area (Å²) >= 11 is 0. The summed E-state index contributed by atoms with van der Waals surface area (Å²) in [6.07, 6.45) is 27.3. The van der Waals surface area contributed by atoms with E-state index in [1.807, 2.05) is 0 Å². The molecule has 0 aromatic rings. The molecule has 28 heavy (non-hydrogen) atoms. The van der Waals surface area contributed by atoms with Crippen molar-refractivity contribution in [3.05, 3.63) is 12.2 Å². The Morgan fingerprint density at radius 3 is 1.93 bits per heavy atom. The predicted octanol–water partition coefficient (Wildman–Crippen LogP) is 6.32. The molecule has 0 spiro atoms. The van der Waals surface area contributed by atoms with Gasteiger partial charge in [0.2, 0.25) is 0 Å². The monoisotopic (exact) mass is 395 g/mol. The van der Waals surface area contributed by atoms with Gasteiger partial charge in [0.15, 0.2) is 0 Å². The Morgan fingerprint density at radius 1 is 0.607 bits per heavy atom. The normalized spacial score (nSPS) is 12.8. The quantitative estimate of drug-likeness (QED) is 0.140. The molecule has 0 rings (SSSR count). The molecule has 3 nitrogen and oxygen atoms in total. The van der Waals surface area contributed by atoms with E-state index >= 15 is 0 Å². The van der Waals surface area contributed by atoms with Crippen molar-refractivity contribution < 1.29 is 0 Å². The van der Waals surface area contributed by atoms with Gasteiger partial charge < -0.3 is 16.8 Å². The van der Waals surface area contributed by atoms with E-state index in [0.29, 0.717) is 0 Å².